The number of ether oxygens (including phenoxy) is 2. The Morgan fingerprint density at radius 2 is 2.29 bits per heavy atom. The van der Waals surface area contributed by atoms with Crippen molar-refractivity contribution in [1.29, 1.82) is 0 Å². The molecule has 2 rings (SSSR count). The van der Waals surface area contributed by atoms with Gasteiger partial charge in [0.25, 0.3) is 0 Å². The zero-order valence-electron chi connectivity index (χ0n) is 12.5. The highest BCUT2D eigenvalue weighted by Crippen LogP contribution is 2.32. The molecule has 5 nitrogen and oxygen atoms in total. The van der Waals surface area contributed by atoms with Crippen LogP contribution in [-0.4, -0.2) is 48.8 Å². The Labute approximate surface area is 130 Å². The first kappa shape index (κ1) is 16.2. The Morgan fingerprint density at radius 1 is 1.48 bits per heavy atom. The summed E-state index contributed by atoms with van der Waals surface area (Å²) in [5.74, 6) is -0.241. The van der Waals surface area contributed by atoms with Gasteiger partial charge < -0.3 is 9.47 Å². The molecule has 0 aromatic carbocycles. The Morgan fingerprint density at radius 3 is 2.95 bits per heavy atom. The molecule has 0 N–H and O–H groups in total. The van der Waals surface area contributed by atoms with Crippen LogP contribution in [0.15, 0.2) is 18.5 Å². The number of methoxy groups -OCH3 is 2. The molecule has 2 heterocycles. The molecule has 0 spiro atoms. The Balaban J connectivity index is 2.28. The van der Waals surface area contributed by atoms with Crippen molar-refractivity contribution >= 4 is 17.6 Å². The smallest absolute Gasteiger partial charge is 0.328 e. The van der Waals surface area contributed by atoms with E-state index in [1.807, 2.05) is 6.07 Å². The van der Waals surface area contributed by atoms with Crippen LogP contribution in [0.3, 0.4) is 0 Å². The molecule has 0 radical (unpaired) electrons. The predicted octanol–water partition coefficient (Wildman–Crippen LogP) is 2.28. The highest BCUT2D eigenvalue weighted by Gasteiger charge is 2.46. The van der Waals surface area contributed by atoms with Crippen LogP contribution >= 0.6 is 11.6 Å². The third-order valence-corrected chi connectivity index (χ3v) is 4.38. The molecule has 116 valence electrons. The SMILES string of the molecule is COCC1(C(=O)OC)CCCCN1Cc1ccncc1Cl. The molecule has 1 saturated heterocycles. The highest BCUT2D eigenvalue weighted by atomic mass is 35.5. The molecule has 0 saturated carbocycles. The number of esters is 1. The van der Waals surface area contributed by atoms with E-state index in [4.69, 9.17) is 21.1 Å². The average molecular weight is 313 g/mol. The van der Waals surface area contributed by atoms with Crippen molar-refractivity contribution in [3.05, 3.63) is 29.0 Å². The van der Waals surface area contributed by atoms with Crippen LogP contribution in [0, 0.1) is 0 Å². The number of rotatable bonds is 5. The van der Waals surface area contributed by atoms with Gasteiger partial charge in [-0.25, -0.2) is 4.79 Å². The molecule has 1 fully saturated rings. The fraction of sp³-hybridized carbons (Fsp3) is 0.600. The van der Waals surface area contributed by atoms with Gasteiger partial charge in [-0.3, -0.25) is 9.88 Å². The lowest BCUT2D eigenvalue weighted by Crippen LogP contribution is -2.60. The van der Waals surface area contributed by atoms with Gasteiger partial charge in [-0.15, -0.1) is 0 Å². The van der Waals surface area contributed by atoms with E-state index in [0.29, 0.717) is 18.2 Å². The van der Waals surface area contributed by atoms with Gasteiger partial charge in [0, 0.05) is 26.0 Å². The average Bonchev–Trinajstić information content (AvgIpc) is 2.50. The maximum absolute atomic E-state index is 12.4. The third kappa shape index (κ3) is 3.36. The molecule has 0 aliphatic carbocycles. The fourth-order valence-electron chi connectivity index (χ4n) is 2.94. The minimum atomic E-state index is -0.728. The normalized spacial score (nSPS) is 23.0. The van der Waals surface area contributed by atoms with Gasteiger partial charge in [-0.2, -0.15) is 0 Å². The number of aromatic nitrogens is 1. The van der Waals surface area contributed by atoms with E-state index in [9.17, 15) is 4.79 Å². The summed E-state index contributed by atoms with van der Waals surface area (Å²) in [4.78, 5) is 18.5. The Kier molecular flexibility index (Phi) is 5.56. The highest BCUT2D eigenvalue weighted by molar-refractivity contribution is 6.31. The number of nitrogens with zero attached hydrogens (tertiary/aromatic N) is 2. The predicted molar refractivity (Wildman–Crippen MR) is 80.1 cm³/mol. The van der Waals surface area contributed by atoms with Crippen molar-refractivity contribution in [2.45, 2.75) is 31.3 Å². The maximum atomic E-state index is 12.4. The molecule has 21 heavy (non-hydrogen) atoms. The summed E-state index contributed by atoms with van der Waals surface area (Å²) in [6.07, 6.45) is 6.10. The molecule has 0 bridgehead atoms. The van der Waals surface area contributed by atoms with E-state index in [1.54, 1.807) is 19.5 Å². The summed E-state index contributed by atoms with van der Waals surface area (Å²) >= 11 is 6.19. The summed E-state index contributed by atoms with van der Waals surface area (Å²) in [6.45, 7) is 1.72. The minimum Gasteiger partial charge on any atom is -0.468 e. The molecule has 0 amide bonds. The summed E-state index contributed by atoms with van der Waals surface area (Å²) in [7, 11) is 3.03. The monoisotopic (exact) mass is 312 g/mol. The quantitative estimate of drug-likeness (QED) is 0.781. The van der Waals surface area contributed by atoms with E-state index in [1.165, 1.54) is 7.11 Å². The van der Waals surface area contributed by atoms with E-state index < -0.39 is 5.54 Å². The standard InChI is InChI=1S/C15H21ClN2O3/c1-20-11-15(14(19)21-2)6-3-4-8-18(15)10-12-5-7-17-9-13(12)16/h5,7,9H,3-4,6,8,10-11H2,1-2H3. The van der Waals surface area contributed by atoms with Gasteiger partial charge in [0.2, 0.25) is 0 Å². The van der Waals surface area contributed by atoms with Crippen LogP contribution in [-0.2, 0) is 20.8 Å². The number of piperidine rings is 1. The lowest BCUT2D eigenvalue weighted by molar-refractivity contribution is -0.163. The molecule has 1 aliphatic heterocycles. The van der Waals surface area contributed by atoms with E-state index in [-0.39, 0.29) is 5.97 Å². The molecular weight excluding hydrogens is 292 g/mol. The second kappa shape index (κ2) is 7.20. The number of carbonyl (C=O) groups is 1. The number of carbonyl (C=O) groups excluding carboxylic acids is 1. The zero-order valence-corrected chi connectivity index (χ0v) is 13.2. The minimum absolute atomic E-state index is 0.241. The Bertz CT molecular complexity index is 494. The summed E-state index contributed by atoms with van der Waals surface area (Å²) in [5, 5.41) is 0.610. The van der Waals surface area contributed by atoms with Gasteiger partial charge in [0.15, 0.2) is 0 Å². The van der Waals surface area contributed by atoms with Crippen LogP contribution in [0.5, 0.6) is 0 Å². The van der Waals surface area contributed by atoms with Crippen LogP contribution in [0.25, 0.3) is 0 Å². The first-order valence-electron chi connectivity index (χ1n) is 7.05. The van der Waals surface area contributed by atoms with Gasteiger partial charge in [-0.05, 0) is 37.4 Å². The van der Waals surface area contributed by atoms with Gasteiger partial charge >= 0.3 is 5.97 Å². The van der Waals surface area contributed by atoms with Crippen molar-refractivity contribution in [2.24, 2.45) is 0 Å². The van der Waals surface area contributed by atoms with Crippen molar-refractivity contribution in [3.8, 4) is 0 Å². The fourth-order valence-corrected chi connectivity index (χ4v) is 3.12. The first-order valence-corrected chi connectivity index (χ1v) is 7.42. The Hall–Kier alpha value is -1.17. The van der Waals surface area contributed by atoms with Gasteiger partial charge in [0.1, 0.15) is 5.54 Å². The maximum Gasteiger partial charge on any atom is 0.328 e. The second-order valence-corrected chi connectivity index (χ2v) is 5.71. The molecular formula is C15H21ClN2O3. The number of likely N-dealkylation sites (tertiary alicyclic amines) is 1. The number of pyridine rings is 1. The zero-order chi connectivity index (χ0) is 15.3. The van der Waals surface area contributed by atoms with E-state index >= 15 is 0 Å². The number of halogens is 1. The van der Waals surface area contributed by atoms with Crippen LogP contribution in [0.4, 0.5) is 0 Å². The topological polar surface area (TPSA) is 51.7 Å². The van der Waals surface area contributed by atoms with Crippen molar-refractivity contribution in [2.75, 3.05) is 27.4 Å². The van der Waals surface area contributed by atoms with Crippen LogP contribution < -0.4 is 0 Å². The van der Waals surface area contributed by atoms with Crippen LogP contribution in [0.1, 0.15) is 24.8 Å². The molecule has 1 unspecified atom stereocenters. The first-order chi connectivity index (χ1) is 10.1. The van der Waals surface area contributed by atoms with Crippen molar-refractivity contribution in [1.82, 2.24) is 9.88 Å². The summed E-state index contributed by atoms with van der Waals surface area (Å²) in [5.41, 5.74) is 0.229. The van der Waals surface area contributed by atoms with E-state index in [0.717, 1.165) is 31.4 Å². The van der Waals surface area contributed by atoms with Crippen molar-refractivity contribution in [3.63, 3.8) is 0 Å². The molecule has 1 aliphatic rings. The lowest BCUT2D eigenvalue weighted by atomic mass is 9.86. The summed E-state index contributed by atoms with van der Waals surface area (Å²) in [6, 6.07) is 1.88. The number of hydrogen-bond acceptors (Lipinski definition) is 5. The van der Waals surface area contributed by atoms with Gasteiger partial charge in [-0.1, -0.05) is 11.6 Å². The largest absolute Gasteiger partial charge is 0.468 e. The lowest BCUT2D eigenvalue weighted by Gasteiger charge is -2.44. The summed E-state index contributed by atoms with van der Waals surface area (Å²) < 4.78 is 10.4. The van der Waals surface area contributed by atoms with E-state index in [2.05, 4.69) is 9.88 Å². The number of hydrogen-bond donors (Lipinski definition) is 0. The third-order valence-electron chi connectivity index (χ3n) is 4.04. The molecule has 1 atom stereocenters. The van der Waals surface area contributed by atoms with Crippen molar-refractivity contribution < 1.29 is 14.3 Å². The second-order valence-electron chi connectivity index (χ2n) is 5.30. The van der Waals surface area contributed by atoms with Crippen LogP contribution in [0.2, 0.25) is 5.02 Å². The molecule has 6 heteroatoms. The molecule has 1 aromatic rings. The molecule has 1 aromatic heterocycles. The van der Waals surface area contributed by atoms with Gasteiger partial charge in [0.05, 0.1) is 18.7 Å².